The number of likely N-dealkylation sites (tertiary alicyclic amines) is 1. The second-order valence-corrected chi connectivity index (χ2v) is 11.7. The predicted octanol–water partition coefficient (Wildman–Crippen LogP) is 6.24. The maximum absolute atomic E-state index is 6.15. The predicted molar refractivity (Wildman–Crippen MR) is 155 cm³/mol. The van der Waals surface area contributed by atoms with Crippen molar-refractivity contribution in [3.8, 4) is 16.9 Å². The lowest BCUT2D eigenvalue weighted by Crippen LogP contribution is -2.35. The summed E-state index contributed by atoms with van der Waals surface area (Å²) in [6, 6.07) is 17.9. The molecular formula is C30H41N5O2S. The van der Waals surface area contributed by atoms with Gasteiger partial charge in [-0.25, -0.2) is 0 Å². The van der Waals surface area contributed by atoms with Gasteiger partial charge in [-0.2, -0.15) is 4.98 Å². The number of aromatic nitrogens is 2. The zero-order valence-corrected chi connectivity index (χ0v) is 23.6. The van der Waals surface area contributed by atoms with Gasteiger partial charge in [0, 0.05) is 37.0 Å². The molecule has 7 nitrogen and oxygen atoms in total. The molecule has 5 rings (SSSR count). The van der Waals surface area contributed by atoms with Crippen LogP contribution in [0.4, 0.5) is 6.01 Å². The molecule has 0 unspecified atom stereocenters. The van der Waals surface area contributed by atoms with E-state index in [9.17, 15) is 0 Å². The monoisotopic (exact) mass is 535 g/mol. The van der Waals surface area contributed by atoms with Crippen LogP contribution >= 0.6 is 11.9 Å². The minimum Gasteiger partial charge on any atom is -0.493 e. The molecule has 2 aliphatic rings. The molecule has 0 atom stereocenters. The number of hydrogen-bond donors (Lipinski definition) is 1. The van der Waals surface area contributed by atoms with Gasteiger partial charge in [0.2, 0.25) is 0 Å². The molecule has 0 spiro atoms. The largest absolute Gasteiger partial charge is 0.493 e. The molecule has 0 saturated carbocycles. The lowest BCUT2D eigenvalue weighted by molar-refractivity contribution is 0.220. The SMILES string of the molecule is CC(C)c1noc(N2CCC(COc3ccc(-c4ccc(SNCCN5CCCCC5)cc4)cc3)CC2)n1. The van der Waals surface area contributed by atoms with Crippen molar-refractivity contribution in [1.29, 1.82) is 0 Å². The van der Waals surface area contributed by atoms with E-state index in [2.05, 4.69) is 87.0 Å². The summed E-state index contributed by atoms with van der Waals surface area (Å²) in [7, 11) is 0. The van der Waals surface area contributed by atoms with Gasteiger partial charge in [0.1, 0.15) is 5.75 Å². The van der Waals surface area contributed by atoms with Crippen molar-refractivity contribution in [1.82, 2.24) is 19.8 Å². The zero-order valence-electron chi connectivity index (χ0n) is 22.8. The smallest absolute Gasteiger partial charge is 0.324 e. The summed E-state index contributed by atoms with van der Waals surface area (Å²) in [5.74, 6) is 2.53. The maximum atomic E-state index is 6.15. The normalized spacial score (nSPS) is 17.3. The number of hydrogen-bond acceptors (Lipinski definition) is 8. The highest BCUT2D eigenvalue weighted by Gasteiger charge is 2.24. The van der Waals surface area contributed by atoms with Gasteiger partial charge >= 0.3 is 6.01 Å². The van der Waals surface area contributed by atoms with Gasteiger partial charge in [-0.1, -0.05) is 49.7 Å². The standard InChI is InChI=1S/C30H41N5O2S/c1-23(2)29-32-30(37-33-29)35-19-14-24(15-20-35)22-36-27-10-6-25(7-11-27)26-8-12-28(13-9-26)38-31-16-21-34-17-4-3-5-18-34/h6-13,23-24,31H,3-5,14-22H2,1-2H3. The molecule has 204 valence electrons. The average molecular weight is 536 g/mol. The lowest BCUT2D eigenvalue weighted by Gasteiger charge is -2.30. The molecule has 1 N–H and O–H groups in total. The lowest BCUT2D eigenvalue weighted by atomic mass is 9.98. The summed E-state index contributed by atoms with van der Waals surface area (Å²) in [4.78, 5) is 10.5. The van der Waals surface area contributed by atoms with E-state index < -0.39 is 0 Å². The summed E-state index contributed by atoms with van der Waals surface area (Å²) >= 11 is 1.72. The van der Waals surface area contributed by atoms with Crippen molar-refractivity contribution < 1.29 is 9.26 Å². The summed E-state index contributed by atoms with van der Waals surface area (Å²) in [6.45, 7) is 11.4. The third-order valence-electron chi connectivity index (χ3n) is 7.53. The highest BCUT2D eigenvalue weighted by atomic mass is 32.2. The van der Waals surface area contributed by atoms with Crippen LogP contribution in [0.5, 0.6) is 5.75 Å². The van der Waals surface area contributed by atoms with E-state index in [1.165, 1.54) is 48.4 Å². The summed E-state index contributed by atoms with van der Waals surface area (Å²) in [5.41, 5.74) is 2.43. The Morgan fingerprint density at radius 1 is 0.947 bits per heavy atom. The summed E-state index contributed by atoms with van der Waals surface area (Å²) in [5, 5.41) is 4.09. The van der Waals surface area contributed by atoms with Crippen LogP contribution in [0.2, 0.25) is 0 Å². The highest BCUT2D eigenvalue weighted by Crippen LogP contribution is 2.27. The van der Waals surface area contributed by atoms with Crippen molar-refractivity contribution >= 4 is 18.0 Å². The van der Waals surface area contributed by atoms with Crippen molar-refractivity contribution in [3.63, 3.8) is 0 Å². The van der Waals surface area contributed by atoms with E-state index >= 15 is 0 Å². The Morgan fingerprint density at radius 2 is 1.63 bits per heavy atom. The van der Waals surface area contributed by atoms with Crippen LogP contribution in [0.1, 0.15) is 57.7 Å². The molecule has 2 saturated heterocycles. The summed E-state index contributed by atoms with van der Waals surface area (Å²) < 4.78 is 15.1. The molecule has 1 aromatic heterocycles. The molecule has 0 aliphatic carbocycles. The van der Waals surface area contributed by atoms with Gasteiger partial charge in [0.05, 0.1) is 6.61 Å². The Bertz CT molecular complexity index is 1100. The molecular weight excluding hydrogens is 494 g/mol. The number of rotatable bonds is 11. The van der Waals surface area contributed by atoms with E-state index in [1.54, 1.807) is 11.9 Å². The maximum Gasteiger partial charge on any atom is 0.324 e. The minimum atomic E-state index is 0.282. The van der Waals surface area contributed by atoms with E-state index in [-0.39, 0.29) is 5.92 Å². The molecule has 0 amide bonds. The van der Waals surface area contributed by atoms with Crippen molar-refractivity contribution in [2.75, 3.05) is 50.8 Å². The second-order valence-electron chi connectivity index (χ2n) is 10.8. The van der Waals surface area contributed by atoms with E-state index in [4.69, 9.17) is 9.26 Å². The first-order valence-electron chi connectivity index (χ1n) is 14.2. The van der Waals surface area contributed by atoms with Gasteiger partial charge in [-0.05, 0) is 92.0 Å². The molecule has 0 radical (unpaired) electrons. The molecule has 38 heavy (non-hydrogen) atoms. The Balaban J connectivity index is 1.02. The molecule has 3 aromatic rings. The number of piperidine rings is 2. The van der Waals surface area contributed by atoms with Gasteiger partial charge in [0.15, 0.2) is 5.82 Å². The van der Waals surface area contributed by atoms with Gasteiger partial charge < -0.3 is 19.1 Å². The Morgan fingerprint density at radius 3 is 2.29 bits per heavy atom. The summed E-state index contributed by atoms with van der Waals surface area (Å²) in [6.07, 6.45) is 6.22. The quantitative estimate of drug-likeness (QED) is 0.229. The first kappa shape index (κ1) is 27.0. The molecule has 2 aromatic carbocycles. The minimum absolute atomic E-state index is 0.282. The first-order valence-corrected chi connectivity index (χ1v) is 15.0. The molecule has 0 bridgehead atoms. The molecule has 2 aliphatic heterocycles. The van der Waals surface area contributed by atoms with Crippen LogP contribution in [0.15, 0.2) is 57.9 Å². The van der Waals surface area contributed by atoms with Crippen LogP contribution in [0.25, 0.3) is 11.1 Å². The molecule has 2 fully saturated rings. The average Bonchev–Trinajstić information content (AvgIpc) is 3.47. The third kappa shape index (κ3) is 7.52. The zero-order chi connectivity index (χ0) is 26.2. The first-order chi connectivity index (χ1) is 18.6. The fraction of sp³-hybridized carbons (Fsp3) is 0.533. The van der Waals surface area contributed by atoms with Crippen LogP contribution in [-0.2, 0) is 0 Å². The number of nitrogens with one attached hydrogen (secondary N) is 1. The molecule has 3 heterocycles. The highest BCUT2D eigenvalue weighted by molar-refractivity contribution is 7.97. The number of ether oxygens (including phenoxy) is 1. The molecule has 8 heteroatoms. The van der Waals surface area contributed by atoms with Crippen LogP contribution in [0.3, 0.4) is 0 Å². The number of anilines is 1. The Labute approximate surface area is 231 Å². The fourth-order valence-corrected chi connectivity index (χ4v) is 5.71. The van der Waals surface area contributed by atoms with E-state index in [1.807, 2.05) is 0 Å². The van der Waals surface area contributed by atoms with Gasteiger partial charge in [-0.15, -0.1) is 0 Å². The Kier molecular flexibility index (Phi) is 9.60. The Hall–Kier alpha value is -2.55. The van der Waals surface area contributed by atoms with Crippen molar-refractivity contribution in [3.05, 3.63) is 54.4 Å². The second kappa shape index (κ2) is 13.5. The fourth-order valence-electron chi connectivity index (χ4n) is 5.07. The third-order valence-corrected chi connectivity index (χ3v) is 8.39. The van der Waals surface area contributed by atoms with Gasteiger partial charge in [-0.3, -0.25) is 4.72 Å². The van der Waals surface area contributed by atoms with Crippen LogP contribution < -0.4 is 14.4 Å². The number of nitrogens with zero attached hydrogens (tertiary/aromatic N) is 4. The number of benzene rings is 2. The van der Waals surface area contributed by atoms with Crippen molar-refractivity contribution in [2.24, 2.45) is 5.92 Å². The van der Waals surface area contributed by atoms with Crippen molar-refractivity contribution in [2.45, 2.75) is 56.8 Å². The van der Waals surface area contributed by atoms with Crippen LogP contribution in [0, 0.1) is 5.92 Å². The topological polar surface area (TPSA) is 66.7 Å². The van der Waals surface area contributed by atoms with E-state index in [0.29, 0.717) is 11.9 Å². The van der Waals surface area contributed by atoms with Gasteiger partial charge in [0.25, 0.3) is 0 Å². The van der Waals surface area contributed by atoms with Crippen LogP contribution in [-0.4, -0.2) is 60.9 Å². The van der Waals surface area contributed by atoms with E-state index in [0.717, 1.165) is 57.2 Å².